The van der Waals surface area contributed by atoms with E-state index < -0.39 is 152 Å². The Kier molecular flexibility index (Phi) is 28.2. The van der Waals surface area contributed by atoms with E-state index in [1.807, 2.05) is 13.8 Å². The third-order valence-corrected chi connectivity index (χ3v) is 13.1. The summed E-state index contributed by atoms with van der Waals surface area (Å²) >= 11 is 1.35. The average Bonchev–Trinajstić information content (AvgIpc) is 3.40. The smallest absolute Gasteiger partial charge is 0.326 e. The van der Waals surface area contributed by atoms with Crippen LogP contribution >= 0.6 is 11.8 Å². The lowest BCUT2D eigenvalue weighted by Gasteiger charge is -2.27. The molecule has 0 heterocycles. The topological polar surface area (TPSA) is 397 Å². The van der Waals surface area contributed by atoms with E-state index in [0.717, 1.165) is 5.56 Å². The summed E-state index contributed by atoms with van der Waals surface area (Å²) in [4.78, 5) is 146. The molecule has 0 aliphatic carbocycles. The zero-order valence-corrected chi connectivity index (χ0v) is 46.3. The number of hydrogen-bond acceptors (Lipinski definition) is 14. The van der Waals surface area contributed by atoms with Gasteiger partial charge in [0.2, 0.25) is 53.2 Å². The van der Waals surface area contributed by atoms with Crippen molar-refractivity contribution < 1.29 is 68.1 Å². The SMILES string of the molecule is CSCCC(NC(=O)CNC(=O)C(CCC(N)=O)NC(=O)C(CCC(=O)O)NC(=O)C(Cc1ccc(O)cc1)NC(=O)C(CC(C)C)NC(=O)C(N)Cc1ccccc1)C(=O)NC(Cc1ccccc1)C(=O)NC(C(=O)O)C(C)C. The lowest BCUT2D eigenvalue weighted by molar-refractivity contribution is -0.143. The van der Waals surface area contributed by atoms with Crippen molar-refractivity contribution in [2.75, 3.05) is 18.6 Å². The number of thioether (sulfide) groups is 1. The average molecular weight is 1130 g/mol. The van der Waals surface area contributed by atoms with Gasteiger partial charge in [-0.3, -0.25) is 47.9 Å². The number of carbonyl (C=O) groups is 11. The van der Waals surface area contributed by atoms with E-state index in [1.165, 1.54) is 36.0 Å². The van der Waals surface area contributed by atoms with Crippen molar-refractivity contribution in [2.45, 2.75) is 134 Å². The second-order valence-corrected chi connectivity index (χ2v) is 20.9. The third kappa shape index (κ3) is 24.3. The fourth-order valence-corrected chi connectivity index (χ4v) is 8.54. The van der Waals surface area contributed by atoms with Crippen molar-refractivity contribution in [1.82, 2.24) is 42.5 Å². The van der Waals surface area contributed by atoms with E-state index in [-0.39, 0.29) is 43.8 Å². The van der Waals surface area contributed by atoms with Crippen LogP contribution in [0.4, 0.5) is 0 Å². The van der Waals surface area contributed by atoms with Crippen LogP contribution in [0.25, 0.3) is 0 Å². The van der Waals surface area contributed by atoms with Crippen LogP contribution in [0.15, 0.2) is 84.9 Å². The number of nitrogens with two attached hydrogens (primary N) is 2. The Hall–Kier alpha value is -8.06. The van der Waals surface area contributed by atoms with Gasteiger partial charge in [-0.15, -0.1) is 0 Å². The zero-order valence-electron chi connectivity index (χ0n) is 45.5. The van der Waals surface area contributed by atoms with E-state index in [4.69, 9.17) is 11.5 Å². The molecule has 0 aliphatic heterocycles. The summed E-state index contributed by atoms with van der Waals surface area (Å²) in [5, 5.41) is 49.5. The fourth-order valence-electron chi connectivity index (χ4n) is 8.07. The summed E-state index contributed by atoms with van der Waals surface area (Å²) < 4.78 is 0. The van der Waals surface area contributed by atoms with Gasteiger partial charge in [0.25, 0.3) is 0 Å². The number of nitrogens with one attached hydrogen (secondary N) is 8. The van der Waals surface area contributed by atoms with E-state index >= 15 is 0 Å². The van der Waals surface area contributed by atoms with Gasteiger partial charge in [-0.25, -0.2) is 4.79 Å². The minimum Gasteiger partial charge on any atom is -0.508 e. The highest BCUT2D eigenvalue weighted by molar-refractivity contribution is 7.98. The van der Waals surface area contributed by atoms with Crippen molar-refractivity contribution >= 4 is 76.9 Å². The van der Waals surface area contributed by atoms with Crippen molar-refractivity contribution in [3.63, 3.8) is 0 Å². The summed E-state index contributed by atoms with van der Waals surface area (Å²) in [6.45, 7) is 6.04. The molecule has 0 saturated heterocycles. The first-order chi connectivity index (χ1) is 37.9. The third-order valence-electron chi connectivity index (χ3n) is 12.4. The van der Waals surface area contributed by atoms with Crippen LogP contribution in [-0.4, -0.2) is 147 Å². The lowest BCUT2D eigenvalue weighted by atomic mass is 9.99. The molecular weight excluding hydrogens is 1060 g/mol. The maximum atomic E-state index is 14.3. The predicted octanol–water partition coefficient (Wildman–Crippen LogP) is -0.0727. The van der Waals surface area contributed by atoms with Gasteiger partial charge < -0.3 is 69.3 Å². The Morgan fingerprint density at radius 2 is 0.950 bits per heavy atom. The first kappa shape index (κ1) is 66.2. The first-order valence-corrected chi connectivity index (χ1v) is 27.5. The molecule has 436 valence electrons. The summed E-state index contributed by atoms with van der Waals surface area (Å²) in [6.07, 6.45) is -0.322. The maximum Gasteiger partial charge on any atom is 0.326 e. The minimum atomic E-state index is -1.70. The highest BCUT2D eigenvalue weighted by atomic mass is 32.2. The number of aromatic hydroxyl groups is 1. The van der Waals surface area contributed by atoms with Crippen molar-refractivity contribution in [3.8, 4) is 5.75 Å². The van der Waals surface area contributed by atoms with Crippen LogP contribution in [0.5, 0.6) is 5.75 Å². The number of amides is 9. The van der Waals surface area contributed by atoms with E-state index in [1.54, 1.807) is 80.8 Å². The van der Waals surface area contributed by atoms with Crippen LogP contribution in [0.3, 0.4) is 0 Å². The van der Waals surface area contributed by atoms with Crippen LogP contribution in [0, 0.1) is 11.8 Å². The molecule has 0 radical (unpaired) electrons. The molecule has 0 spiro atoms. The molecule has 0 saturated carbocycles. The van der Waals surface area contributed by atoms with E-state index in [2.05, 4.69) is 42.5 Å². The van der Waals surface area contributed by atoms with Gasteiger partial charge in [0.05, 0.1) is 12.6 Å². The zero-order chi connectivity index (χ0) is 59.5. The summed E-state index contributed by atoms with van der Waals surface area (Å²) in [5.41, 5.74) is 13.5. The number of aliphatic carboxylic acids is 2. The molecule has 3 aromatic rings. The Morgan fingerprint density at radius 3 is 1.44 bits per heavy atom. The Morgan fingerprint density at radius 1 is 0.512 bits per heavy atom. The van der Waals surface area contributed by atoms with Crippen molar-refractivity contribution in [1.29, 1.82) is 0 Å². The molecule has 15 N–H and O–H groups in total. The van der Waals surface area contributed by atoms with E-state index in [9.17, 15) is 68.1 Å². The molecule has 24 nitrogen and oxygen atoms in total. The van der Waals surface area contributed by atoms with Crippen LogP contribution < -0.4 is 54.0 Å². The van der Waals surface area contributed by atoms with Gasteiger partial charge in [-0.05, 0) is 84.8 Å². The molecule has 3 rings (SSSR count). The van der Waals surface area contributed by atoms with E-state index in [0.29, 0.717) is 16.9 Å². The molecule has 25 heteroatoms. The molecule has 9 amide bonds. The maximum absolute atomic E-state index is 14.3. The molecular formula is C55H76N10O14S. The standard InChI is InChI=1S/C55H76N10O14S/c1-31(2)26-41(62-48(71)37(56)27-33-12-8-6-9-13-33)52(75)64-42(29-35-16-18-36(66)19-17-35)53(76)61-39(21-23-46(69)70)50(73)60-38(20-22-44(57)67)49(72)58-30-45(68)59-40(24-25-80-5)51(74)63-43(28-34-14-10-7-11-15-34)54(77)65-47(32(3)4)55(78)79/h6-19,31-32,37-43,47,66H,20-30,56H2,1-5H3,(H2,57,67)(H,58,72)(H,59,68)(H,60,73)(H,61,76)(H,62,71)(H,63,74)(H,64,75)(H,65,77)(H,69,70)(H,78,79). The monoisotopic (exact) mass is 1130 g/mol. The van der Waals surface area contributed by atoms with Gasteiger partial charge in [-0.2, -0.15) is 11.8 Å². The van der Waals surface area contributed by atoms with Gasteiger partial charge in [-0.1, -0.05) is 100 Å². The minimum absolute atomic E-state index is 0.0375. The Labute approximate surface area is 468 Å². The molecule has 8 atom stereocenters. The molecule has 0 aromatic heterocycles. The number of phenolic OH excluding ortho intramolecular Hbond substituents is 1. The van der Waals surface area contributed by atoms with Crippen LogP contribution in [0.1, 0.15) is 82.9 Å². The number of carboxylic acids is 2. The number of carbonyl (C=O) groups excluding carboxylic acids is 9. The second-order valence-electron chi connectivity index (χ2n) is 19.9. The molecule has 0 bridgehead atoms. The summed E-state index contributed by atoms with van der Waals surface area (Å²) in [5.74, 6) is -11.0. The second kappa shape index (κ2) is 34.1. The van der Waals surface area contributed by atoms with Gasteiger partial charge in [0.1, 0.15) is 48.0 Å². The van der Waals surface area contributed by atoms with Gasteiger partial charge in [0.15, 0.2) is 0 Å². The molecule has 8 unspecified atom stereocenters. The van der Waals surface area contributed by atoms with Crippen molar-refractivity contribution in [3.05, 3.63) is 102 Å². The summed E-state index contributed by atoms with van der Waals surface area (Å²) in [7, 11) is 0. The number of benzene rings is 3. The number of rotatable bonds is 35. The van der Waals surface area contributed by atoms with Gasteiger partial charge in [0, 0.05) is 25.7 Å². The van der Waals surface area contributed by atoms with Crippen molar-refractivity contribution in [2.24, 2.45) is 23.3 Å². The Bertz CT molecular complexity index is 2580. The summed E-state index contributed by atoms with van der Waals surface area (Å²) in [6, 6.07) is 12.3. The molecule has 80 heavy (non-hydrogen) atoms. The first-order valence-electron chi connectivity index (χ1n) is 26.1. The number of carboxylic acid groups (broad SMARTS) is 2. The van der Waals surface area contributed by atoms with Crippen LogP contribution in [-0.2, 0) is 72.0 Å². The highest BCUT2D eigenvalue weighted by Gasteiger charge is 2.35. The highest BCUT2D eigenvalue weighted by Crippen LogP contribution is 2.15. The fraction of sp³-hybridized carbons (Fsp3) is 0.473. The normalized spacial score (nSPS) is 14.1. The lowest BCUT2D eigenvalue weighted by Crippen LogP contribution is -2.60. The number of hydrogen-bond donors (Lipinski definition) is 13. The quantitative estimate of drug-likeness (QED) is 0.0367. The molecule has 0 fully saturated rings. The van der Waals surface area contributed by atoms with Gasteiger partial charge >= 0.3 is 11.9 Å². The largest absolute Gasteiger partial charge is 0.508 e. The Balaban J connectivity index is 1.84. The number of phenols is 1. The number of primary amides is 1. The molecule has 3 aromatic carbocycles. The van der Waals surface area contributed by atoms with Crippen LogP contribution in [0.2, 0.25) is 0 Å². The molecule has 0 aliphatic rings. The predicted molar refractivity (Wildman–Crippen MR) is 297 cm³/mol.